The Morgan fingerprint density at radius 2 is 1.97 bits per heavy atom. The number of nitrogens with one attached hydrogen (secondary N) is 1. The first-order chi connectivity index (χ1) is 15.1. The molecule has 0 saturated heterocycles. The standard InChI is InChI=1S/C22H27N5O4/c1-16(23-21(29)15-30-17-5-3-2-4-6-17)22-25-24-20-9-10-26(11-12-27(20)22)13-18-7-8-19(14-28)31-18/h2-8,16,28H,9-15H2,1H3,(H,23,29)/t16-/m0/s1. The van der Waals surface area contributed by atoms with Crippen molar-refractivity contribution < 1.29 is 19.1 Å². The van der Waals surface area contributed by atoms with Gasteiger partial charge in [0.1, 0.15) is 29.7 Å². The largest absolute Gasteiger partial charge is 0.484 e. The number of amides is 1. The molecule has 4 rings (SSSR count). The van der Waals surface area contributed by atoms with E-state index < -0.39 is 0 Å². The van der Waals surface area contributed by atoms with Gasteiger partial charge in [-0.05, 0) is 31.2 Å². The highest BCUT2D eigenvalue weighted by atomic mass is 16.5. The quantitative estimate of drug-likeness (QED) is 0.566. The lowest BCUT2D eigenvalue weighted by Gasteiger charge is -2.19. The Morgan fingerprint density at radius 3 is 2.74 bits per heavy atom. The number of hydrogen-bond acceptors (Lipinski definition) is 7. The SMILES string of the molecule is C[C@H](NC(=O)COc1ccccc1)c1nnc2n1CCN(Cc1ccc(CO)o1)CC2. The first kappa shape index (κ1) is 21.1. The number of aliphatic hydroxyl groups is 1. The zero-order valence-electron chi connectivity index (χ0n) is 17.5. The fraction of sp³-hybridized carbons (Fsp3) is 0.409. The third-order valence-electron chi connectivity index (χ3n) is 5.28. The van der Waals surface area contributed by atoms with E-state index in [0.29, 0.717) is 18.1 Å². The van der Waals surface area contributed by atoms with Gasteiger partial charge < -0.3 is 24.1 Å². The maximum atomic E-state index is 12.3. The number of carbonyl (C=O) groups is 1. The molecular formula is C22H27N5O4. The molecule has 2 N–H and O–H groups in total. The molecule has 0 aliphatic carbocycles. The average molecular weight is 425 g/mol. The fourth-order valence-electron chi connectivity index (χ4n) is 3.69. The summed E-state index contributed by atoms with van der Waals surface area (Å²) in [6.07, 6.45) is 0.762. The number of furan rings is 1. The monoisotopic (exact) mass is 425 g/mol. The lowest BCUT2D eigenvalue weighted by Crippen LogP contribution is -2.33. The molecule has 2 aromatic heterocycles. The van der Waals surface area contributed by atoms with Crippen LogP contribution < -0.4 is 10.1 Å². The van der Waals surface area contributed by atoms with Gasteiger partial charge in [0.25, 0.3) is 5.91 Å². The van der Waals surface area contributed by atoms with E-state index in [1.807, 2.05) is 43.3 Å². The van der Waals surface area contributed by atoms with Crippen LogP contribution in [-0.4, -0.2) is 50.4 Å². The van der Waals surface area contributed by atoms with Crippen LogP contribution in [0.1, 0.15) is 36.1 Å². The number of para-hydroxylation sites is 1. The molecule has 0 unspecified atom stereocenters. The van der Waals surface area contributed by atoms with Gasteiger partial charge in [-0.1, -0.05) is 18.2 Å². The summed E-state index contributed by atoms with van der Waals surface area (Å²) < 4.78 is 13.2. The zero-order valence-corrected chi connectivity index (χ0v) is 17.5. The Bertz CT molecular complexity index is 1000. The lowest BCUT2D eigenvalue weighted by atomic mass is 10.3. The van der Waals surface area contributed by atoms with E-state index in [0.717, 1.165) is 43.5 Å². The Morgan fingerprint density at radius 1 is 1.16 bits per heavy atom. The molecule has 0 radical (unpaired) electrons. The Balaban J connectivity index is 1.32. The minimum atomic E-state index is -0.281. The molecule has 3 aromatic rings. The third-order valence-corrected chi connectivity index (χ3v) is 5.28. The van der Waals surface area contributed by atoms with Gasteiger partial charge in [0, 0.05) is 26.1 Å². The zero-order chi connectivity index (χ0) is 21.6. The van der Waals surface area contributed by atoms with Crippen molar-refractivity contribution in [3.63, 3.8) is 0 Å². The summed E-state index contributed by atoms with van der Waals surface area (Å²) in [5.74, 6) is 3.51. The highest BCUT2D eigenvalue weighted by Gasteiger charge is 2.23. The molecule has 0 spiro atoms. The molecule has 3 heterocycles. The van der Waals surface area contributed by atoms with Gasteiger partial charge in [-0.3, -0.25) is 9.69 Å². The normalized spacial score (nSPS) is 15.2. The van der Waals surface area contributed by atoms with Crippen LogP contribution in [0, 0.1) is 0 Å². The Hall–Kier alpha value is -3.17. The summed E-state index contributed by atoms with van der Waals surface area (Å²) >= 11 is 0. The molecule has 1 atom stereocenters. The van der Waals surface area contributed by atoms with Gasteiger partial charge in [-0.25, -0.2) is 0 Å². The number of ether oxygens (including phenoxy) is 1. The van der Waals surface area contributed by atoms with Gasteiger partial charge >= 0.3 is 0 Å². The Labute approximate surface area is 180 Å². The lowest BCUT2D eigenvalue weighted by molar-refractivity contribution is -0.123. The van der Waals surface area contributed by atoms with Crippen molar-refractivity contribution in [1.82, 2.24) is 25.0 Å². The van der Waals surface area contributed by atoms with Gasteiger partial charge in [0.15, 0.2) is 12.4 Å². The number of fused-ring (bicyclic) bond motifs is 1. The van der Waals surface area contributed by atoms with Gasteiger partial charge in [-0.2, -0.15) is 0 Å². The third kappa shape index (κ3) is 5.31. The van der Waals surface area contributed by atoms with E-state index in [9.17, 15) is 4.79 Å². The number of benzene rings is 1. The number of nitrogens with zero attached hydrogens (tertiary/aromatic N) is 4. The van der Waals surface area contributed by atoms with Gasteiger partial charge in [0.2, 0.25) is 0 Å². The molecule has 1 aliphatic heterocycles. The average Bonchev–Trinajstić information content (AvgIpc) is 3.36. The number of aromatic nitrogens is 3. The maximum absolute atomic E-state index is 12.3. The molecule has 1 aliphatic rings. The molecule has 0 fully saturated rings. The van der Waals surface area contributed by atoms with E-state index in [1.54, 1.807) is 6.07 Å². The van der Waals surface area contributed by atoms with Crippen LogP contribution in [0.2, 0.25) is 0 Å². The second-order valence-electron chi connectivity index (χ2n) is 7.57. The molecular weight excluding hydrogens is 398 g/mol. The highest BCUT2D eigenvalue weighted by Crippen LogP contribution is 2.18. The van der Waals surface area contributed by atoms with Crippen LogP contribution in [0.3, 0.4) is 0 Å². The molecule has 0 saturated carbocycles. The minimum Gasteiger partial charge on any atom is -0.484 e. The number of aliphatic hydroxyl groups excluding tert-OH is 1. The summed E-state index contributed by atoms with van der Waals surface area (Å²) in [6, 6.07) is 12.7. The predicted molar refractivity (Wildman–Crippen MR) is 112 cm³/mol. The smallest absolute Gasteiger partial charge is 0.258 e. The molecule has 1 aromatic carbocycles. The molecule has 0 bridgehead atoms. The van der Waals surface area contributed by atoms with E-state index in [1.165, 1.54) is 0 Å². The van der Waals surface area contributed by atoms with E-state index in [4.69, 9.17) is 14.3 Å². The molecule has 9 heteroatoms. The van der Waals surface area contributed by atoms with E-state index >= 15 is 0 Å². The molecule has 1 amide bonds. The van der Waals surface area contributed by atoms with Crippen LogP contribution in [-0.2, 0) is 30.9 Å². The summed E-state index contributed by atoms with van der Waals surface area (Å²) in [4.78, 5) is 14.6. The van der Waals surface area contributed by atoms with Crippen molar-refractivity contribution in [1.29, 1.82) is 0 Å². The van der Waals surface area contributed by atoms with Gasteiger partial charge in [0.05, 0.1) is 12.6 Å². The fourth-order valence-corrected chi connectivity index (χ4v) is 3.69. The van der Waals surface area contributed by atoms with E-state index in [2.05, 4.69) is 25.0 Å². The minimum absolute atomic E-state index is 0.0535. The number of hydrogen-bond donors (Lipinski definition) is 2. The van der Waals surface area contributed by atoms with Crippen LogP contribution in [0.25, 0.3) is 0 Å². The maximum Gasteiger partial charge on any atom is 0.258 e. The Kier molecular flexibility index (Phi) is 6.63. The highest BCUT2D eigenvalue weighted by molar-refractivity contribution is 5.77. The topological polar surface area (TPSA) is 106 Å². The second kappa shape index (κ2) is 9.76. The van der Waals surface area contributed by atoms with Crippen molar-refractivity contribution in [2.75, 3.05) is 19.7 Å². The molecule has 164 valence electrons. The van der Waals surface area contributed by atoms with Gasteiger partial charge in [-0.15, -0.1) is 10.2 Å². The predicted octanol–water partition coefficient (Wildman–Crippen LogP) is 1.68. The summed E-state index contributed by atoms with van der Waals surface area (Å²) in [6.45, 7) is 4.80. The van der Waals surface area contributed by atoms with Crippen molar-refractivity contribution in [2.24, 2.45) is 0 Å². The first-order valence-electron chi connectivity index (χ1n) is 10.4. The van der Waals surface area contributed by atoms with E-state index in [-0.39, 0.29) is 25.2 Å². The van der Waals surface area contributed by atoms with Crippen LogP contribution in [0.4, 0.5) is 0 Å². The number of carbonyl (C=O) groups excluding carboxylic acids is 1. The van der Waals surface area contributed by atoms with Crippen molar-refractivity contribution in [3.05, 3.63) is 65.6 Å². The van der Waals surface area contributed by atoms with Crippen LogP contribution in [0.5, 0.6) is 5.75 Å². The van der Waals surface area contributed by atoms with Crippen molar-refractivity contribution in [2.45, 2.75) is 39.1 Å². The summed E-state index contributed by atoms with van der Waals surface area (Å²) in [5.41, 5.74) is 0. The summed E-state index contributed by atoms with van der Waals surface area (Å²) in [5, 5.41) is 20.8. The van der Waals surface area contributed by atoms with Crippen molar-refractivity contribution in [3.8, 4) is 5.75 Å². The number of rotatable bonds is 8. The van der Waals surface area contributed by atoms with Crippen LogP contribution >= 0.6 is 0 Å². The second-order valence-corrected chi connectivity index (χ2v) is 7.57. The molecule has 9 nitrogen and oxygen atoms in total. The van der Waals surface area contributed by atoms with Crippen LogP contribution in [0.15, 0.2) is 46.9 Å². The summed E-state index contributed by atoms with van der Waals surface area (Å²) in [7, 11) is 0. The van der Waals surface area contributed by atoms with Crippen molar-refractivity contribution >= 4 is 5.91 Å². The molecule has 31 heavy (non-hydrogen) atoms. The first-order valence-corrected chi connectivity index (χ1v) is 10.4.